The van der Waals surface area contributed by atoms with E-state index in [1.165, 1.54) is 0 Å². The lowest BCUT2D eigenvalue weighted by atomic mass is 10.1. The van der Waals surface area contributed by atoms with Crippen LogP contribution in [-0.4, -0.2) is 20.9 Å². The minimum atomic E-state index is -1.03. The molecular formula is C11H9ClN2O2. The van der Waals surface area contributed by atoms with Gasteiger partial charge < -0.3 is 5.11 Å². The van der Waals surface area contributed by atoms with Gasteiger partial charge in [0.15, 0.2) is 0 Å². The van der Waals surface area contributed by atoms with Gasteiger partial charge in [-0.1, -0.05) is 17.7 Å². The summed E-state index contributed by atoms with van der Waals surface area (Å²) < 4.78 is 1.68. The summed E-state index contributed by atoms with van der Waals surface area (Å²) in [4.78, 5) is 10.9. The van der Waals surface area contributed by atoms with Crippen LogP contribution in [0.2, 0.25) is 5.02 Å². The fourth-order valence-corrected chi connectivity index (χ4v) is 1.70. The van der Waals surface area contributed by atoms with Crippen LogP contribution >= 0.6 is 11.6 Å². The molecule has 1 N–H and O–H groups in total. The number of carboxylic acid groups (broad SMARTS) is 1. The van der Waals surface area contributed by atoms with Crippen LogP contribution in [0.5, 0.6) is 0 Å². The van der Waals surface area contributed by atoms with Gasteiger partial charge in [-0.15, -0.1) is 0 Å². The van der Waals surface area contributed by atoms with Gasteiger partial charge in [-0.05, 0) is 18.2 Å². The summed E-state index contributed by atoms with van der Waals surface area (Å²) in [5.74, 6) is -1.03. The number of carbonyl (C=O) groups is 1. The number of rotatable bonds is 2. The summed E-state index contributed by atoms with van der Waals surface area (Å²) in [6.07, 6.45) is 1.66. The maximum atomic E-state index is 10.9. The third-order valence-corrected chi connectivity index (χ3v) is 2.64. The standard InChI is InChI=1S/C11H9ClN2O2/c1-14-10(4-5-13-14)7-2-3-9(12)8(6-7)11(15)16/h2-6H,1H3,(H,15,16). The average Bonchev–Trinajstić information content (AvgIpc) is 2.65. The third kappa shape index (κ3) is 1.79. The molecule has 0 bridgehead atoms. The van der Waals surface area contributed by atoms with Crippen molar-refractivity contribution in [3.8, 4) is 11.3 Å². The zero-order valence-corrected chi connectivity index (χ0v) is 9.27. The molecule has 0 aliphatic rings. The SMILES string of the molecule is Cn1nccc1-c1ccc(Cl)c(C(=O)O)c1. The van der Waals surface area contributed by atoms with Gasteiger partial charge >= 0.3 is 5.97 Å². The largest absolute Gasteiger partial charge is 0.478 e. The molecule has 2 rings (SSSR count). The lowest BCUT2D eigenvalue weighted by Crippen LogP contribution is -1.99. The van der Waals surface area contributed by atoms with Crippen LogP contribution in [0.3, 0.4) is 0 Å². The molecular weight excluding hydrogens is 228 g/mol. The van der Waals surface area contributed by atoms with E-state index in [1.54, 1.807) is 36.1 Å². The van der Waals surface area contributed by atoms with E-state index in [0.29, 0.717) is 0 Å². The molecule has 2 aromatic rings. The summed E-state index contributed by atoms with van der Waals surface area (Å²) in [5, 5.41) is 13.2. The number of aromatic carboxylic acids is 1. The quantitative estimate of drug-likeness (QED) is 0.871. The maximum Gasteiger partial charge on any atom is 0.337 e. The first kappa shape index (κ1) is 10.7. The fraction of sp³-hybridized carbons (Fsp3) is 0.0909. The Hall–Kier alpha value is -1.81. The monoisotopic (exact) mass is 236 g/mol. The summed E-state index contributed by atoms with van der Waals surface area (Å²) in [7, 11) is 1.80. The molecule has 0 saturated heterocycles. The van der Waals surface area contributed by atoms with Gasteiger partial charge in [-0.3, -0.25) is 4.68 Å². The Morgan fingerprint density at radius 1 is 1.44 bits per heavy atom. The molecule has 16 heavy (non-hydrogen) atoms. The molecule has 0 unspecified atom stereocenters. The maximum absolute atomic E-state index is 10.9. The van der Waals surface area contributed by atoms with Gasteiger partial charge in [0, 0.05) is 18.8 Å². The molecule has 1 heterocycles. The van der Waals surface area contributed by atoms with Crippen LogP contribution in [0.1, 0.15) is 10.4 Å². The van der Waals surface area contributed by atoms with Crippen molar-refractivity contribution >= 4 is 17.6 Å². The van der Waals surface area contributed by atoms with E-state index in [4.69, 9.17) is 16.7 Å². The molecule has 1 aromatic heterocycles. The van der Waals surface area contributed by atoms with Gasteiger partial charge in [-0.2, -0.15) is 5.10 Å². The Balaban J connectivity index is 2.56. The number of aromatic nitrogens is 2. The second kappa shape index (κ2) is 3.98. The van der Waals surface area contributed by atoms with Gasteiger partial charge in [-0.25, -0.2) is 4.79 Å². The molecule has 0 saturated carbocycles. The van der Waals surface area contributed by atoms with E-state index >= 15 is 0 Å². The first-order valence-corrected chi connectivity index (χ1v) is 4.98. The summed E-state index contributed by atoms with van der Waals surface area (Å²) in [6.45, 7) is 0. The molecule has 0 fully saturated rings. The minimum Gasteiger partial charge on any atom is -0.478 e. The fourth-order valence-electron chi connectivity index (χ4n) is 1.51. The molecule has 0 aliphatic heterocycles. The number of aryl methyl sites for hydroxylation is 1. The Labute approximate surface area is 97.1 Å². The van der Waals surface area contributed by atoms with Gasteiger partial charge in [0.25, 0.3) is 0 Å². The smallest absolute Gasteiger partial charge is 0.337 e. The summed E-state index contributed by atoms with van der Waals surface area (Å²) in [5.41, 5.74) is 1.72. The van der Waals surface area contributed by atoms with Crippen molar-refractivity contribution in [2.24, 2.45) is 7.05 Å². The highest BCUT2D eigenvalue weighted by atomic mass is 35.5. The van der Waals surface area contributed by atoms with Crippen LogP contribution in [0.25, 0.3) is 11.3 Å². The number of nitrogens with zero attached hydrogens (tertiary/aromatic N) is 2. The van der Waals surface area contributed by atoms with Crippen LogP contribution in [-0.2, 0) is 7.05 Å². The normalized spacial score (nSPS) is 10.4. The molecule has 82 valence electrons. The van der Waals surface area contributed by atoms with Gasteiger partial charge in [0.05, 0.1) is 16.3 Å². The highest BCUT2D eigenvalue weighted by Gasteiger charge is 2.11. The topological polar surface area (TPSA) is 55.1 Å². The predicted octanol–water partition coefficient (Wildman–Crippen LogP) is 2.44. The van der Waals surface area contributed by atoms with E-state index in [9.17, 15) is 4.79 Å². The second-order valence-corrected chi connectivity index (χ2v) is 3.75. The van der Waals surface area contributed by atoms with Crippen molar-refractivity contribution in [2.45, 2.75) is 0 Å². The average molecular weight is 237 g/mol. The molecule has 5 heteroatoms. The summed E-state index contributed by atoms with van der Waals surface area (Å²) >= 11 is 5.79. The predicted molar refractivity (Wildman–Crippen MR) is 60.6 cm³/mol. The molecule has 0 spiro atoms. The molecule has 4 nitrogen and oxygen atoms in total. The van der Waals surface area contributed by atoms with Crippen molar-refractivity contribution in [1.82, 2.24) is 9.78 Å². The number of benzene rings is 1. The molecule has 0 atom stereocenters. The number of halogens is 1. The Kier molecular flexibility index (Phi) is 2.66. The number of carboxylic acids is 1. The van der Waals surface area contributed by atoms with Crippen molar-refractivity contribution in [3.63, 3.8) is 0 Å². The highest BCUT2D eigenvalue weighted by molar-refractivity contribution is 6.33. The van der Waals surface area contributed by atoms with E-state index in [2.05, 4.69) is 5.10 Å². The molecule has 0 aliphatic carbocycles. The van der Waals surface area contributed by atoms with Crippen LogP contribution < -0.4 is 0 Å². The lowest BCUT2D eigenvalue weighted by Gasteiger charge is -2.04. The molecule has 0 radical (unpaired) electrons. The minimum absolute atomic E-state index is 0.0976. The second-order valence-electron chi connectivity index (χ2n) is 3.34. The zero-order chi connectivity index (χ0) is 11.7. The first-order valence-electron chi connectivity index (χ1n) is 4.61. The van der Waals surface area contributed by atoms with Gasteiger partial charge in [0.2, 0.25) is 0 Å². The Morgan fingerprint density at radius 2 is 2.19 bits per heavy atom. The Bertz CT molecular complexity index is 549. The molecule has 1 aromatic carbocycles. The zero-order valence-electron chi connectivity index (χ0n) is 8.51. The highest BCUT2D eigenvalue weighted by Crippen LogP contribution is 2.24. The number of hydrogen-bond donors (Lipinski definition) is 1. The first-order chi connectivity index (χ1) is 7.59. The van der Waals surface area contributed by atoms with E-state index in [1.807, 2.05) is 6.07 Å². The number of hydrogen-bond acceptors (Lipinski definition) is 2. The van der Waals surface area contributed by atoms with Crippen molar-refractivity contribution in [2.75, 3.05) is 0 Å². The van der Waals surface area contributed by atoms with Crippen molar-refractivity contribution in [1.29, 1.82) is 0 Å². The Morgan fingerprint density at radius 3 is 2.75 bits per heavy atom. The van der Waals surface area contributed by atoms with Crippen molar-refractivity contribution < 1.29 is 9.90 Å². The van der Waals surface area contributed by atoms with E-state index < -0.39 is 5.97 Å². The third-order valence-electron chi connectivity index (χ3n) is 2.31. The molecule has 0 amide bonds. The lowest BCUT2D eigenvalue weighted by molar-refractivity contribution is 0.0697. The van der Waals surface area contributed by atoms with E-state index in [-0.39, 0.29) is 10.6 Å². The summed E-state index contributed by atoms with van der Waals surface area (Å²) in [6, 6.07) is 6.70. The van der Waals surface area contributed by atoms with Crippen LogP contribution in [0.15, 0.2) is 30.5 Å². The van der Waals surface area contributed by atoms with E-state index in [0.717, 1.165) is 11.3 Å². The van der Waals surface area contributed by atoms with Crippen LogP contribution in [0.4, 0.5) is 0 Å². The van der Waals surface area contributed by atoms with Gasteiger partial charge in [0.1, 0.15) is 0 Å². The van der Waals surface area contributed by atoms with Crippen LogP contribution in [0, 0.1) is 0 Å². The van der Waals surface area contributed by atoms with Crippen molar-refractivity contribution in [3.05, 3.63) is 41.0 Å².